The molecular formula is C14H20O3Si. The maximum Gasteiger partial charge on any atom is 0.373 e. The Kier molecular flexibility index (Phi) is 4.87. The lowest BCUT2D eigenvalue weighted by Gasteiger charge is -2.17. The normalized spacial score (nSPS) is 11.4. The minimum absolute atomic E-state index is 0.139. The van der Waals surface area contributed by atoms with Gasteiger partial charge >= 0.3 is 5.97 Å². The maximum absolute atomic E-state index is 11.6. The van der Waals surface area contributed by atoms with E-state index in [0.29, 0.717) is 5.56 Å². The summed E-state index contributed by atoms with van der Waals surface area (Å²) in [7, 11) is -1.57. The Balaban J connectivity index is 2.77. The van der Waals surface area contributed by atoms with Crippen LogP contribution in [0.1, 0.15) is 24.2 Å². The molecule has 0 spiro atoms. The molecule has 0 unspecified atom stereocenters. The van der Waals surface area contributed by atoms with Gasteiger partial charge in [-0.15, -0.1) is 6.58 Å². The van der Waals surface area contributed by atoms with Crippen LogP contribution in [0.2, 0.25) is 13.1 Å². The molecule has 1 aromatic carbocycles. The molecule has 0 aliphatic rings. The minimum atomic E-state index is -1.57. The summed E-state index contributed by atoms with van der Waals surface area (Å²) in [5.41, 5.74) is 2.51. The third kappa shape index (κ3) is 3.82. The van der Waals surface area contributed by atoms with Crippen LogP contribution in [0.25, 0.3) is 0 Å². The standard InChI is InChI=1S/C14H20O3Si/c1-6-18(4,5)13-9-7-12(8-10-13)14(15)17-16-11(2)3/h6-11H,1H2,2-5H3. The third-order valence-corrected chi connectivity index (χ3v) is 5.53. The topological polar surface area (TPSA) is 35.5 Å². The Morgan fingerprint density at radius 2 is 1.83 bits per heavy atom. The molecule has 0 aliphatic carbocycles. The Hall–Kier alpha value is -1.39. The summed E-state index contributed by atoms with van der Waals surface area (Å²) < 4.78 is 0. The van der Waals surface area contributed by atoms with E-state index in [0.717, 1.165) is 0 Å². The van der Waals surface area contributed by atoms with Crippen molar-refractivity contribution in [2.45, 2.75) is 33.0 Å². The zero-order valence-electron chi connectivity index (χ0n) is 11.4. The van der Waals surface area contributed by atoms with Gasteiger partial charge in [0, 0.05) is 0 Å². The van der Waals surface area contributed by atoms with E-state index >= 15 is 0 Å². The SMILES string of the molecule is C=C[Si](C)(C)c1ccc(C(=O)OOC(C)C)cc1. The van der Waals surface area contributed by atoms with Crippen LogP contribution in [0.4, 0.5) is 0 Å². The van der Waals surface area contributed by atoms with Gasteiger partial charge in [0.15, 0.2) is 0 Å². The number of carbonyl (C=O) groups is 1. The molecule has 0 fully saturated rings. The van der Waals surface area contributed by atoms with Crippen molar-refractivity contribution in [3.8, 4) is 0 Å². The molecule has 0 saturated carbocycles. The average Bonchev–Trinajstić information content (AvgIpc) is 2.36. The summed E-state index contributed by atoms with van der Waals surface area (Å²) in [6.07, 6.45) is -0.139. The van der Waals surface area contributed by atoms with E-state index < -0.39 is 14.0 Å². The van der Waals surface area contributed by atoms with Crippen LogP contribution < -0.4 is 5.19 Å². The summed E-state index contributed by atoms with van der Waals surface area (Å²) in [6, 6.07) is 7.44. The molecule has 18 heavy (non-hydrogen) atoms. The number of hydrogen-bond donors (Lipinski definition) is 0. The zero-order valence-corrected chi connectivity index (χ0v) is 12.4. The molecular weight excluding hydrogens is 244 g/mol. The lowest BCUT2D eigenvalue weighted by molar-refractivity contribution is -0.265. The van der Waals surface area contributed by atoms with Crippen LogP contribution in [0, 0.1) is 0 Å². The van der Waals surface area contributed by atoms with E-state index in [9.17, 15) is 4.79 Å². The van der Waals surface area contributed by atoms with Gasteiger partial charge in [0.1, 0.15) is 8.07 Å². The van der Waals surface area contributed by atoms with Crippen molar-refractivity contribution in [2.24, 2.45) is 0 Å². The summed E-state index contributed by atoms with van der Waals surface area (Å²) >= 11 is 0. The maximum atomic E-state index is 11.6. The number of rotatable bonds is 5. The molecule has 0 N–H and O–H groups in total. The molecule has 0 radical (unpaired) electrons. The molecule has 0 amide bonds. The second-order valence-electron chi connectivity index (χ2n) is 5.02. The van der Waals surface area contributed by atoms with Crippen molar-refractivity contribution in [2.75, 3.05) is 0 Å². The van der Waals surface area contributed by atoms with E-state index in [-0.39, 0.29) is 6.10 Å². The van der Waals surface area contributed by atoms with E-state index in [1.54, 1.807) is 26.0 Å². The largest absolute Gasteiger partial charge is 0.373 e. The second kappa shape index (κ2) is 5.98. The molecule has 0 aliphatic heterocycles. The van der Waals surface area contributed by atoms with E-state index in [2.05, 4.69) is 19.7 Å². The predicted octanol–water partition coefficient (Wildman–Crippen LogP) is 2.82. The highest BCUT2D eigenvalue weighted by atomic mass is 28.3. The minimum Gasteiger partial charge on any atom is -0.293 e. The third-order valence-electron chi connectivity index (χ3n) is 2.69. The molecule has 0 heterocycles. The predicted molar refractivity (Wildman–Crippen MR) is 75.4 cm³/mol. The molecule has 1 aromatic rings. The molecule has 0 bridgehead atoms. The van der Waals surface area contributed by atoms with Crippen LogP contribution in [-0.2, 0) is 9.78 Å². The molecule has 3 nitrogen and oxygen atoms in total. The highest BCUT2D eigenvalue weighted by molar-refractivity contribution is 6.93. The second-order valence-corrected chi connectivity index (χ2v) is 9.45. The number of carbonyl (C=O) groups excluding carboxylic acids is 1. The van der Waals surface area contributed by atoms with Crippen LogP contribution in [0.3, 0.4) is 0 Å². The Bertz CT molecular complexity index is 421. The smallest absolute Gasteiger partial charge is 0.293 e. The van der Waals surface area contributed by atoms with Crippen LogP contribution in [0.5, 0.6) is 0 Å². The fourth-order valence-corrected chi connectivity index (χ4v) is 2.60. The summed E-state index contributed by atoms with van der Waals surface area (Å²) in [4.78, 5) is 21.1. The van der Waals surface area contributed by atoms with Gasteiger partial charge in [0.05, 0.1) is 11.7 Å². The van der Waals surface area contributed by atoms with Crippen LogP contribution in [-0.4, -0.2) is 20.1 Å². The highest BCUT2D eigenvalue weighted by Gasteiger charge is 2.19. The fourth-order valence-electron chi connectivity index (χ4n) is 1.34. The highest BCUT2D eigenvalue weighted by Crippen LogP contribution is 2.07. The first-order valence-electron chi connectivity index (χ1n) is 5.98. The molecule has 0 saturated heterocycles. The Morgan fingerprint density at radius 1 is 1.28 bits per heavy atom. The molecule has 0 atom stereocenters. The number of benzene rings is 1. The van der Waals surface area contributed by atoms with Crippen molar-refractivity contribution >= 4 is 19.2 Å². The van der Waals surface area contributed by atoms with Crippen molar-refractivity contribution < 1.29 is 14.6 Å². The summed E-state index contributed by atoms with van der Waals surface area (Å²) in [5.74, 6) is -0.465. The first-order valence-corrected chi connectivity index (χ1v) is 9.06. The lowest BCUT2D eigenvalue weighted by Crippen LogP contribution is -2.39. The van der Waals surface area contributed by atoms with Gasteiger partial charge in [0.2, 0.25) is 0 Å². The monoisotopic (exact) mass is 264 g/mol. The van der Waals surface area contributed by atoms with Crippen LogP contribution in [0.15, 0.2) is 36.5 Å². The van der Waals surface area contributed by atoms with Gasteiger partial charge in [-0.25, -0.2) is 4.79 Å². The van der Waals surface area contributed by atoms with Crippen molar-refractivity contribution in [3.63, 3.8) is 0 Å². The van der Waals surface area contributed by atoms with E-state index in [1.165, 1.54) is 5.19 Å². The van der Waals surface area contributed by atoms with Crippen molar-refractivity contribution in [1.82, 2.24) is 0 Å². The first-order chi connectivity index (χ1) is 8.36. The van der Waals surface area contributed by atoms with Gasteiger partial charge in [-0.3, -0.25) is 4.89 Å². The Labute approximate surface area is 109 Å². The van der Waals surface area contributed by atoms with E-state index in [4.69, 9.17) is 9.78 Å². The molecule has 1 rings (SSSR count). The summed E-state index contributed by atoms with van der Waals surface area (Å²) in [5, 5.41) is 1.24. The summed E-state index contributed by atoms with van der Waals surface area (Å²) in [6.45, 7) is 11.9. The molecule has 98 valence electrons. The van der Waals surface area contributed by atoms with E-state index in [1.807, 2.05) is 17.8 Å². The van der Waals surface area contributed by atoms with Gasteiger partial charge in [-0.1, -0.05) is 36.1 Å². The van der Waals surface area contributed by atoms with Gasteiger partial charge < -0.3 is 0 Å². The average molecular weight is 264 g/mol. The lowest BCUT2D eigenvalue weighted by atomic mass is 10.2. The van der Waals surface area contributed by atoms with Crippen molar-refractivity contribution in [1.29, 1.82) is 0 Å². The fraction of sp³-hybridized carbons (Fsp3) is 0.357. The van der Waals surface area contributed by atoms with Gasteiger partial charge in [-0.2, -0.15) is 4.89 Å². The van der Waals surface area contributed by atoms with Crippen molar-refractivity contribution in [3.05, 3.63) is 42.1 Å². The number of hydrogen-bond acceptors (Lipinski definition) is 3. The molecule has 0 aromatic heterocycles. The first kappa shape index (κ1) is 14.7. The van der Waals surface area contributed by atoms with Gasteiger partial charge in [-0.05, 0) is 26.0 Å². The Morgan fingerprint density at radius 3 is 2.28 bits per heavy atom. The zero-order chi connectivity index (χ0) is 13.8. The van der Waals surface area contributed by atoms with Gasteiger partial charge in [0.25, 0.3) is 0 Å². The quantitative estimate of drug-likeness (QED) is 0.466. The molecule has 4 heteroatoms. The van der Waals surface area contributed by atoms with Crippen LogP contribution >= 0.6 is 0 Å².